The number of primary amides is 1. The molecule has 0 radical (unpaired) electrons. The van der Waals surface area contributed by atoms with Gasteiger partial charge in [-0.25, -0.2) is 13.2 Å². The van der Waals surface area contributed by atoms with E-state index < -0.39 is 21.9 Å². The van der Waals surface area contributed by atoms with Crippen molar-refractivity contribution in [2.75, 3.05) is 11.8 Å². The van der Waals surface area contributed by atoms with Gasteiger partial charge in [0.2, 0.25) is 0 Å². The fourth-order valence-electron chi connectivity index (χ4n) is 1.88. The highest BCUT2D eigenvalue weighted by atomic mass is 32.2. The number of hydrogen-bond donors (Lipinski definition) is 2. The number of rotatable bonds is 5. The zero-order valence-corrected chi connectivity index (χ0v) is 13.0. The van der Waals surface area contributed by atoms with Crippen LogP contribution in [0, 0.1) is 0 Å². The van der Waals surface area contributed by atoms with Crippen molar-refractivity contribution in [2.24, 2.45) is 5.73 Å². The molecule has 120 valence electrons. The van der Waals surface area contributed by atoms with E-state index in [0.29, 0.717) is 0 Å². The van der Waals surface area contributed by atoms with Gasteiger partial charge in [-0.1, -0.05) is 12.1 Å². The molecule has 0 aliphatic heterocycles. The Bertz CT molecular complexity index is 844. The van der Waals surface area contributed by atoms with Gasteiger partial charge in [0.1, 0.15) is 0 Å². The molecule has 0 heterocycles. The predicted octanol–water partition coefficient (Wildman–Crippen LogP) is 1.37. The number of benzene rings is 2. The molecule has 0 aliphatic rings. The molecule has 2 aromatic rings. The molecule has 7 nitrogen and oxygen atoms in total. The van der Waals surface area contributed by atoms with Gasteiger partial charge in [0.25, 0.3) is 15.9 Å². The monoisotopic (exact) mass is 334 g/mol. The minimum Gasteiger partial charge on any atom is -0.465 e. The molecule has 0 aromatic heterocycles. The van der Waals surface area contributed by atoms with Gasteiger partial charge < -0.3 is 10.5 Å². The van der Waals surface area contributed by atoms with Crippen LogP contribution in [-0.4, -0.2) is 27.4 Å². The third-order valence-corrected chi connectivity index (χ3v) is 4.40. The Labute approximate surface area is 133 Å². The van der Waals surface area contributed by atoms with E-state index in [2.05, 4.69) is 9.46 Å². The van der Waals surface area contributed by atoms with E-state index in [1.165, 1.54) is 43.5 Å². The molecule has 0 bridgehead atoms. The van der Waals surface area contributed by atoms with Gasteiger partial charge in [-0.3, -0.25) is 9.52 Å². The van der Waals surface area contributed by atoms with Crippen LogP contribution in [0.2, 0.25) is 0 Å². The summed E-state index contributed by atoms with van der Waals surface area (Å²) in [7, 11) is -2.70. The van der Waals surface area contributed by atoms with E-state index in [1.54, 1.807) is 12.1 Å². The number of carbonyl (C=O) groups excluding carboxylic acids is 2. The molecule has 0 aliphatic carbocycles. The Balaban J connectivity index is 2.33. The average Bonchev–Trinajstić information content (AvgIpc) is 2.54. The highest BCUT2D eigenvalue weighted by Crippen LogP contribution is 2.20. The van der Waals surface area contributed by atoms with Crippen LogP contribution in [0.5, 0.6) is 0 Å². The van der Waals surface area contributed by atoms with Crippen molar-refractivity contribution >= 4 is 27.6 Å². The van der Waals surface area contributed by atoms with Crippen LogP contribution < -0.4 is 10.5 Å². The lowest BCUT2D eigenvalue weighted by Gasteiger charge is -2.11. The molecule has 0 saturated carbocycles. The van der Waals surface area contributed by atoms with Crippen LogP contribution in [0.1, 0.15) is 20.7 Å². The molecule has 0 saturated heterocycles. The molecule has 2 aromatic carbocycles. The highest BCUT2D eigenvalue weighted by Gasteiger charge is 2.18. The summed E-state index contributed by atoms with van der Waals surface area (Å²) < 4.78 is 31.5. The van der Waals surface area contributed by atoms with Gasteiger partial charge in [0, 0.05) is 0 Å². The molecule has 8 heteroatoms. The zero-order chi connectivity index (χ0) is 17.0. The number of methoxy groups -OCH3 is 1. The van der Waals surface area contributed by atoms with Crippen molar-refractivity contribution in [1.82, 2.24) is 0 Å². The summed E-state index contributed by atoms with van der Waals surface area (Å²) in [5, 5.41) is 0. The largest absolute Gasteiger partial charge is 0.465 e. The SMILES string of the molecule is COC(=O)c1ccc(S(=O)(=O)Nc2ccccc2C(N)=O)cc1. The topological polar surface area (TPSA) is 116 Å². The quantitative estimate of drug-likeness (QED) is 0.801. The third kappa shape index (κ3) is 3.67. The lowest BCUT2D eigenvalue weighted by Crippen LogP contribution is -2.18. The van der Waals surface area contributed by atoms with Gasteiger partial charge >= 0.3 is 5.97 Å². The van der Waals surface area contributed by atoms with Crippen molar-refractivity contribution in [1.29, 1.82) is 0 Å². The summed E-state index contributed by atoms with van der Waals surface area (Å²) in [6.07, 6.45) is 0. The number of amides is 1. The van der Waals surface area contributed by atoms with Crippen LogP contribution in [0.3, 0.4) is 0 Å². The van der Waals surface area contributed by atoms with Gasteiger partial charge in [-0.2, -0.15) is 0 Å². The molecule has 2 rings (SSSR count). The molecular weight excluding hydrogens is 320 g/mol. The standard InChI is InChI=1S/C15H14N2O5S/c1-22-15(19)10-6-8-11(9-7-10)23(20,21)17-13-5-3-2-4-12(13)14(16)18/h2-9,17H,1H3,(H2,16,18). The summed E-state index contributed by atoms with van der Waals surface area (Å²) in [5.74, 6) is -1.31. The number of nitrogens with one attached hydrogen (secondary N) is 1. The average molecular weight is 334 g/mol. The highest BCUT2D eigenvalue weighted by molar-refractivity contribution is 7.92. The van der Waals surface area contributed by atoms with Gasteiger partial charge in [-0.05, 0) is 36.4 Å². The van der Waals surface area contributed by atoms with Crippen molar-refractivity contribution in [3.8, 4) is 0 Å². The summed E-state index contributed by atoms with van der Waals surface area (Å²) in [4.78, 5) is 22.6. The Morgan fingerprint density at radius 2 is 1.65 bits per heavy atom. The lowest BCUT2D eigenvalue weighted by molar-refractivity contribution is 0.0600. The zero-order valence-electron chi connectivity index (χ0n) is 12.1. The number of carbonyl (C=O) groups is 2. The van der Waals surface area contributed by atoms with E-state index in [-0.39, 0.29) is 21.7 Å². The maximum absolute atomic E-state index is 12.3. The number of esters is 1. The van der Waals surface area contributed by atoms with Crippen LogP contribution >= 0.6 is 0 Å². The first-order valence-corrected chi connectivity index (χ1v) is 7.93. The third-order valence-electron chi connectivity index (χ3n) is 3.02. The normalized spacial score (nSPS) is 10.8. The van der Waals surface area contributed by atoms with E-state index in [0.717, 1.165) is 0 Å². The van der Waals surface area contributed by atoms with E-state index in [4.69, 9.17) is 5.73 Å². The maximum atomic E-state index is 12.3. The van der Waals surface area contributed by atoms with Crippen LogP contribution in [0.25, 0.3) is 0 Å². The maximum Gasteiger partial charge on any atom is 0.337 e. The van der Waals surface area contributed by atoms with Crippen LogP contribution in [0.15, 0.2) is 53.4 Å². The molecule has 3 N–H and O–H groups in total. The Morgan fingerprint density at radius 1 is 1.04 bits per heavy atom. The summed E-state index contributed by atoms with van der Waals surface area (Å²) in [6, 6.07) is 11.2. The number of sulfonamides is 1. The van der Waals surface area contributed by atoms with Crippen LogP contribution in [-0.2, 0) is 14.8 Å². The summed E-state index contributed by atoms with van der Waals surface area (Å²) >= 11 is 0. The van der Waals surface area contributed by atoms with Gasteiger partial charge in [0.15, 0.2) is 0 Å². The fourth-order valence-corrected chi connectivity index (χ4v) is 2.96. The summed E-state index contributed by atoms with van der Waals surface area (Å²) in [6.45, 7) is 0. The van der Waals surface area contributed by atoms with E-state index in [9.17, 15) is 18.0 Å². The molecule has 0 atom stereocenters. The molecule has 23 heavy (non-hydrogen) atoms. The Morgan fingerprint density at radius 3 is 2.22 bits per heavy atom. The van der Waals surface area contributed by atoms with E-state index >= 15 is 0 Å². The molecule has 0 unspecified atom stereocenters. The number of hydrogen-bond acceptors (Lipinski definition) is 5. The first-order valence-electron chi connectivity index (χ1n) is 6.45. The first kappa shape index (κ1) is 16.5. The predicted molar refractivity (Wildman–Crippen MR) is 83.5 cm³/mol. The molecule has 0 spiro atoms. The van der Waals surface area contributed by atoms with Crippen molar-refractivity contribution in [3.63, 3.8) is 0 Å². The second-order valence-electron chi connectivity index (χ2n) is 4.53. The van der Waals surface area contributed by atoms with Crippen molar-refractivity contribution in [2.45, 2.75) is 4.90 Å². The minimum absolute atomic E-state index is 0.0576. The van der Waals surface area contributed by atoms with Crippen molar-refractivity contribution in [3.05, 3.63) is 59.7 Å². The Hall–Kier alpha value is -2.87. The number of anilines is 1. The second kappa shape index (κ2) is 6.49. The number of nitrogens with two attached hydrogens (primary N) is 1. The first-order chi connectivity index (χ1) is 10.8. The van der Waals surface area contributed by atoms with Gasteiger partial charge in [-0.15, -0.1) is 0 Å². The molecule has 0 fully saturated rings. The van der Waals surface area contributed by atoms with Crippen LogP contribution in [0.4, 0.5) is 5.69 Å². The van der Waals surface area contributed by atoms with Crippen molar-refractivity contribution < 1.29 is 22.7 Å². The van der Waals surface area contributed by atoms with E-state index in [1.807, 2.05) is 0 Å². The second-order valence-corrected chi connectivity index (χ2v) is 6.21. The molecular formula is C15H14N2O5S. The lowest BCUT2D eigenvalue weighted by atomic mass is 10.2. The number of ether oxygens (including phenoxy) is 1. The Kier molecular flexibility index (Phi) is 4.65. The fraction of sp³-hybridized carbons (Fsp3) is 0.0667. The number of para-hydroxylation sites is 1. The summed E-state index contributed by atoms with van der Waals surface area (Å²) in [5.41, 5.74) is 5.58. The van der Waals surface area contributed by atoms with Gasteiger partial charge in [0.05, 0.1) is 28.8 Å². The smallest absolute Gasteiger partial charge is 0.337 e. The molecule has 1 amide bonds. The minimum atomic E-state index is -3.93.